The topological polar surface area (TPSA) is 87.2 Å². The van der Waals surface area contributed by atoms with Gasteiger partial charge in [-0.2, -0.15) is 0 Å². The molecule has 0 bridgehead atoms. The van der Waals surface area contributed by atoms with Crippen LogP contribution < -0.4 is 0 Å². The van der Waals surface area contributed by atoms with Crippen molar-refractivity contribution in [2.24, 2.45) is 11.8 Å². The van der Waals surface area contributed by atoms with Crippen LogP contribution in [0.3, 0.4) is 0 Å². The third-order valence-electron chi connectivity index (χ3n) is 9.02. The maximum Gasteiger partial charge on any atom is 0.311 e. The molecule has 38 heavy (non-hydrogen) atoms. The van der Waals surface area contributed by atoms with E-state index in [1.54, 1.807) is 16.7 Å². The number of aliphatic hydroxyl groups excluding tert-OH is 1. The number of amides is 2. The minimum atomic E-state index is -0.884. The van der Waals surface area contributed by atoms with Crippen molar-refractivity contribution in [1.82, 2.24) is 9.80 Å². The van der Waals surface area contributed by atoms with Crippen molar-refractivity contribution in [2.75, 3.05) is 19.8 Å². The number of likely N-dealkylation sites (tertiary alicyclic amines) is 1. The third-order valence-corrected chi connectivity index (χ3v) is 10.8. The minimum Gasteiger partial charge on any atom is -0.465 e. The molecule has 1 N–H and O–H groups in total. The number of fused-ring (bicyclic) bond motifs is 2. The molecular formula is C30H36N2O5S. The molecule has 7 nitrogen and oxygen atoms in total. The van der Waals surface area contributed by atoms with Crippen molar-refractivity contribution in [1.29, 1.82) is 0 Å². The van der Waals surface area contributed by atoms with Gasteiger partial charge in [-0.25, -0.2) is 0 Å². The van der Waals surface area contributed by atoms with Gasteiger partial charge in [-0.15, -0.1) is 11.8 Å². The number of cyclic esters (lactones) is 1. The molecule has 1 saturated carbocycles. The molecule has 6 rings (SSSR count). The highest BCUT2D eigenvalue weighted by Crippen LogP contribution is 2.61. The summed E-state index contributed by atoms with van der Waals surface area (Å²) in [5.41, 5.74) is 0.991. The van der Waals surface area contributed by atoms with Crippen molar-refractivity contribution < 1.29 is 24.2 Å². The van der Waals surface area contributed by atoms with Crippen molar-refractivity contribution in [2.45, 2.75) is 73.1 Å². The SMILES string of the molecule is O=C1OCCC=C[C@H]2S[C@]34C=CCN(C5CCCCC5)C(=O)C3N([C@@H](CO)Cc3ccccc3)C(=O)[C@@H]4[C@@H]12. The number of rotatable bonds is 5. The van der Waals surface area contributed by atoms with Crippen LogP contribution in [0.25, 0.3) is 0 Å². The molecule has 1 aromatic carbocycles. The van der Waals surface area contributed by atoms with E-state index >= 15 is 0 Å². The number of hydrogen-bond donors (Lipinski definition) is 1. The van der Waals surface area contributed by atoms with Crippen LogP contribution in [-0.4, -0.2) is 80.6 Å². The van der Waals surface area contributed by atoms with Gasteiger partial charge in [0.25, 0.3) is 0 Å². The van der Waals surface area contributed by atoms with Crippen LogP contribution in [0, 0.1) is 11.8 Å². The highest BCUT2D eigenvalue weighted by Gasteiger charge is 2.71. The van der Waals surface area contributed by atoms with Crippen LogP contribution in [0.4, 0.5) is 0 Å². The monoisotopic (exact) mass is 536 g/mol. The Labute approximate surface area is 228 Å². The molecule has 1 spiro atoms. The summed E-state index contributed by atoms with van der Waals surface area (Å²) in [4.78, 5) is 46.0. The lowest BCUT2D eigenvalue weighted by atomic mass is 9.78. The van der Waals surface area contributed by atoms with Gasteiger partial charge in [0.05, 0.1) is 35.8 Å². The fourth-order valence-corrected chi connectivity index (χ4v) is 9.30. The fraction of sp³-hybridized carbons (Fsp3) is 0.567. The summed E-state index contributed by atoms with van der Waals surface area (Å²) in [6.45, 7) is 0.542. The van der Waals surface area contributed by atoms with Crippen LogP contribution in [-0.2, 0) is 25.5 Å². The van der Waals surface area contributed by atoms with Gasteiger partial charge in [-0.05, 0) is 31.2 Å². The van der Waals surface area contributed by atoms with Gasteiger partial charge in [0, 0.05) is 17.8 Å². The predicted molar refractivity (Wildman–Crippen MR) is 145 cm³/mol. The number of carbonyl (C=O) groups excluding carboxylic acids is 3. The van der Waals surface area contributed by atoms with Crippen LogP contribution in [0.1, 0.15) is 44.1 Å². The number of hydrogen-bond acceptors (Lipinski definition) is 6. The second kappa shape index (κ2) is 10.5. The Morgan fingerprint density at radius 2 is 1.84 bits per heavy atom. The fourth-order valence-electron chi connectivity index (χ4n) is 7.32. The predicted octanol–water partition coefficient (Wildman–Crippen LogP) is 3.12. The van der Waals surface area contributed by atoms with Gasteiger partial charge in [-0.1, -0.05) is 73.9 Å². The Morgan fingerprint density at radius 1 is 1.05 bits per heavy atom. The standard InChI is InChI=1S/C30H36N2O5S/c33-19-22(18-20-10-3-1-4-11-20)32-26-28(35)31(21-12-5-2-6-13-21)16-9-15-30(26)25(27(32)34)24-23(38-30)14-7-8-17-37-29(24)36/h1,3-4,7,9-11,14-15,21-26,33H,2,5-6,8,12-13,16-19H2/t22-,23-,24+,25+,26?,30+/m1/s1. The zero-order valence-electron chi connectivity index (χ0n) is 21.6. The molecular weight excluding hydrogens is 500 g/mol. The van der Waals surface area contributed by atoms with Crippen molar-refractivity contribution in [3.63, 3.8) is 0 Å². The highest BCUT2D eigenvalue weighted by molar-refractivity contribution is 8.02. The first-order chi connectivity index (χ1) is 18.5. The van der Waals surface area contributed by atoms with Crippen LogP contribution in [0.15, 0.2) is 54.6 Å². The first-order valence-corrected chi connectivity index (χ1v) is 14.9. The van der Waals surface area contributed by atoms with Gasteiger partial charge in [0.1, 0.15) is 6.04 Å². The summed E-state index contributed by atoms with van der Waals surface area (Å²) in [5.74, 6) is -2.01. The molecule has 1 unspecified atom stereocenters. The van der Waals surface area contributed by atoms with Gasteiger partial charge in [0.2, 0.25) is 11.8 Å². The van der Waals surface area contributed by atoms with Crippen molar-refractivity contribution >= 4 is 29.5 Å². The van der Waals surface area contributed by atoms with E-state index in [1.165, 1.54) is 6.42 Å². The Morgan fingerprint density at radius 3 is 2.61 bits per heavy atom. The average molecular weight is 537 g/mol. The minimum absolute atomic E-state index is 0.0524. The van der Waals surface area contributed by atoms with E-state index in [0.717, 1.165) is 31.2 Å². The quantitative estimate of drug-likeness (QED) is 0.460. The number of aliphatic hydroxyl groups is 1. The van der Waals surface area contributed by atoms with Crippen molar-refractivity contribution in [3.05, 3.63) is 60.2 Å². The van der Waals surface area contributed by atoms with Gasteiger partial charge in [0.15, 0.2) is 0 Å². The lowest BCUT2D eigenvalue weighted by Gasteiger charge is -2.41. The zero-order valence-corrected chi connectivity index (χ0v) is 22.4. The molecule has 4 heterocycles. The van der Waals surface area contributed by atoms with Gasteiger partial charge < -0.3 is 19.6 Å². The summed E-state index contributed by atoms with van der Waals surface area (Å²) in [7, 11) is 0. The number of thioether (sulfide) groups is 1. The smallest absolute Gasteiger partial charge is 0.311 e. The molecule has 4 aliphatic heterocycles. The van der Waals surface area contributed by atoms with E-state index in [1.807, 2.05) is 53.5 Å². The number of ether oxygens (including phenoxy) is 1. The molecule has 0 aromatic heterocycles. The number of nitrogens with zero attached hydrogens (tertiary/aromatic N) is 2. The number of carbonyl (C=O) groups is 3. The average Bonchev–Trinajstić information content (AvgIpc) is 3.32. The Kier molecular flexibility index (Phi) is 7.12. The van der Waals surface area contributed by atoms with Crippen LogP contribution >= 0.6 is 11.8 Å². The first-order valence-electron chi connectivity index (χ1n) is 14.0. The van der Waals surface area contributed by atoms with E-state index in [0.29, 0.717) is 26.0 Å². The van der Waals surface area contributed by atoms with E-state index in [9.17, 15) is 19.5 Å². The Bertz CT molecular complexity index is 1130. The van der Waals surface area contributed by atoms with E-state index in [4.69, 9.17) is 4.74 Å². The number of benzene rings is 1. The summed E-state index contributed by atoms with van der Waals surface area (Å²) >= 11 is 1.56. The molecule has 8 heteroatoms. The van der Waals surface area contributed by atoms with E-state index in [2.05, 4.69) is 6.08 Å². The van der Waals surface area contributed by atoms with Gasteiger partial charge >= 0.3 is 5.97 Å². The zero-order chi connectivity index (χ0) is 26.3. The van der Waals surface area contributed by atoms with E-state index in [-0.39, 0.29) is 35.7 Å². The summed E-state index contributed by atoms with van der Waals surface area (Å²) in [5, 5.41) is 10.4. The normalized spacial score (nSPS) is 34.2. The lowest BCUT2D eigenvalue weighted by Crippen LogP contribution is -2.58. The maximum atomic E-state index is 14.6. The third kappa shape index (κ3) is 4.20. The molecule has 5 aliphatic rings. The highest BCUT2D eigenvalue weighted by atomic mass is 32.2. The molecule has 2 amide bonds. The summed E-state index contributed by atoms with van der Waals surface area (Å²) < 4.78 is 4.69. The molecule has 1 aliphatic carbocycles. The first kappa shape index (κ1) is 25.7. The molecule has 2 saturated heterocycles. The van der Waals surface area contributed by atoms with Crippen LogP contribution in [0.2, 0.25) is 0 Å². The van der Waals surface area contributed by atoms with Crippen LogP contribution in [0.5, 0.6) is 0 Å². The Hall–Kier alpha value is -2.58. The number of esters is 1. The molecule has 202 valence electrons. The second-order valence-corrected chi connectivity index (χ2v) is 12.7. The second-order valence-electron chi connectivity index (χ2n) is 11.2. The molecule has 6 atom stereocenters. The Balaban J connectivity index is 1.44. The van der Waals surface area contributed by atoms with E-state index < -0.39 is 28.7 Å². The molecule has 0 radical (unpaired) electrons. The largest absolute Gasteiger partial charge is 0.465 e. The lowest BCUT2D eigenvalue weighted by molar-refractivity contribution is -0.153. The molecule has 1 aromatic rings. The van der Waals surface area contributed by atoms with Crippen molar-refractivity contribution in [3.8, 4) is 0 Å². The summed E-state index contributed by atoms with van der Waals surface area (Å²) in [6.07, 6.45) is 14.6. The van der Waals surface area contributed by atoms with Gasteiger partial charge in [-0.3, -0.25) is 14.4 Å². The molecule has 3 fully saturated rings. The maximum absolute atomic E-state index is 14.6. The summed E-state index contributed by atoms with van der Waals surface area (Å²) in [6, 6.07) is 8.57.